The molecule has 5 atom stereocenters. The lowest BCUT2D eigenvalue weighted by Gasteiger charge is -2.31. The quantitative estimate of drug-likeness (QED) is 0.281. The highest BCUT2D eigenvalue weighted by atomic mass is 35.5. The fourth-order valence-electron chi connectivity index (χ4n) is 7.19. The lowest BCUT2D eigenvalue weighted by molar-refractivity contribution is -0.143. The van der Waals surface area contributed by atoms with Crippen LogP contribution in [-0.4, -0.2) is 118 Å². The average molecular weight is 809 g/mol. The van der Waals surface area contributed by atoms with Gasteiger partial charge in [-0.2, -0.15) is 4.31 Å². The Bertz CT molecular complexity index is 1890. The maximum atomic E-state index is 14.5. The number of fused-ring (bicyclic) bond motifs is 3. The molecular formula is C36H46ClFN6O10S. The Morgan fingerprint density at radius 1 is 1.15 bits per heavy atom. The molecule has 1 unspecified atom stereocenters. The van der Waals surface area contributed by atoms with Crippen LogP contribution in [0.25, 0.3) is 0 Å². The number of alkyl carbamates (subject to hydrolysis) is 1. The molecule has 2 saturated carbocycles. The van der Waals surface area contributed by atoms with Crippen molar-refractivity contribution >= 4 is 57.4 Å². The van der Waals surface area contributed by atoms with Crippen LogP contribution in [0.3, 0.4) is 0 Å². The van der Waals surface area contributed by atoms with Gasteiger partial charge >= 0.3 is 12.2 Å². The molecule has 0 radical (unpaired) electrons. The zero-order valence-electron chi connectivity index (χ0n) is 30.8. The third kappa shape index (κ3) is 8.75. The smallest absolute Gasteiger partial charge is 0.410 e. The van der Waals surface area contributed by atoms with Crippen LogP contribution in [0.1, 0.15) is 70.4 Å². The van der Waals surface area contributed by atoms with Gasteiger partial charge in [-0.05, 0) is 71.0 Å². The number of alkyl halides is 1. The molecule has 55 heavy (non-hydrogen) atoms. The van der Waals surface area contributed by atoms with Gasteiger partial charge in [-0.25, -0.2) is 22.4 Å². The number of benzene rings is 1. The van der Waals surface area contributed by atoms with E-state index in [-0.39, 0.29) is 56.2 Å². The monoisotopic (exact) mass is 808 g/mol. The van der Waals surface area contributed by atoms with Crippen molar-refractivity contribution in [1.29, 1.82) is 0 Å². The number of amides is 6. The molecule has 19 heteroatoms. The number of allylic oxidation sites excluding steroid dienone is 1. The summed E-state index contributed by atoms with van der Waals surface area (Å²) in [6, 6.07) is 1.90. The lowest BCUT2D eigenvalue weighted by atomic mass is 10.1. The van der Waals surface area contributed by atoms with Crippen LogP contribution in [0.4, 0.5) is 14.0 Å². The van der Waals surface area contributed by atoms with Crippen molar-refractivity contribution in [2.45, 2.75) is 107 Å². The molecule has 300 valence electrons. The zero-order valence-corrected chi connectivity index (χ0v) is 32.4. The minimum Gasteiger partial charge on any atom is -0.444 e. The number of rotatable bonds is 6. The first-order valence-corrected chi connectivity index (χ1v) is 20.4. The highest BCUT2D eigenvalue weighted by Gasteiger charge is 2.65. The Labute approximate surface area is 323 Å². The van der Waals surface area contributed by atoms with Gasteiger partial charge in [-0.3, -0.25) is 24.1 Å². The summed E-state index contributed by atoms with van der Waals surface area (Å²) in [6.45, 7) is 5.08. The SMILES string of the molecule is CC(C)(C)OC(=O)N[C@H]1CNCCC/C=C\[C@@H]2C[C@@]2(C(=O)N(C(=O)CCl)S(=O)(=O)C2CC2)NC(=O)C2C[C@@H](OC(=O)N3Cc4cccc(F)c4C3)CN2C1=O. The van der Waals surface area contributed by atoms with E-state index in [0.29, 0.717) is 30.5 Å². The van der Waals surface area contributed by atoms with Crippen LogP contribution < -0.4 is 16.0 Å². The summed E-state index contributed by atoms with van der Waals surface area (Å²) in [6.07, 6.45) is 2.07. The van der Waals surface area contributed by atoms with E-state index in [1.807, 2.05) is 0 Å². The van der Waals surface area contributed by atoms with Crippen molar-refractivity contribution in [3.8, 4) is 0 Å². The molecule has 6 rings (SSSR count). The van der Waals surface area contributed by atoms with Crippen molar-refractivity contribution < 1.29 is 51.0 Å². The predicted octanol–water partition coefficient (Wildman–Crippen LogP) is 2.04. The van der Waals surface area contributed by atoms with Gasteiger partial charge < -0.3 is 30.3 Å². The van der Waals surface area contributed by atoms with Crippen LogP contribution in [-0.2, 0) is 51.8 Å². The van der Waals surface area contributed by atoms with Gasteiger partial charge in [0.15, 0.2) is 0 Å². The molecule has 3 N–H and O–H groups in total. The molecular weight excluding hydrogens is 763 g/mol. The number of halogens is 2. The van der Waals surface area contributed by atoms with Crippen LogP contribution in [0.5, 0.6) is 0 Å². The summed E-state index contributed by atoms with van der Waals surface area (Å²) in [4.78, 5) is 84.7. The fourth-order valence-corrected chi connectivity index (χ4v) is 9.15. The molecule has 6 amide bonds. The topological polar surface area (TPSA) is 201 Å². The first-order valence-electron chi connectivity index (χ1n) is 18.3. The third-order valence-corrected chi connectivity index (χ3v) is 12.6. The van der Waals surface area contributed by atoms with E-state index < -0.39 is 98.0 Å². The first kappa shape index (κ1) is 40.4. The van der Waals surface area contributed by atoms with Gasteiger partial charge in [0.1, 0.15) is 41.0 Å². The highest BCUT2D eigenvalue weighted by molar-refractivity contribution is 7.91. The average Bonchev–Trinajstić information content (AvgIpc) is 3.99. The highest BCUT2D eigenvalue weighted by Crippen LogP contribution is 2.48. The summed E-state index contributed by atoms with van der Waals surface area (Å²) in [7, 11) is -4.43. The molecule has 2 aliphatic carbocycles. The summed E-state index contributed by atoms with van der Waals surface area (Å²) >= 11 is 5.79. The summed E-state index contributed by atoms with van der Waals surface area (Å²) < 4.78 is 52.7. The number of carbonyl (C=O) groups is 6. The number of hydrogen-bond donors (Lipinski definition) is 3. The van der Waals surface area contributed by atoms with Gasteiger partial charge in [-0.15, -0.1) is 11.6 Å². The second-order valence-electron chi connectivity index (χ2n) is 15.6. The van der Waals surface area contributed by atoms with Crippen molar-refractivity contribution in [3.05, 3.63) is 47.3 Å². The number of sulfonamides is 1. The minimum absolute atomic E-state index is 0.0352. The Morgan fingerprint density at radius 2 is 1.89 bits per heavy atom. The Morgan fingerprint density at radius 3 is 2.56 bits per heavy atom. The summed E-state index contributed by atoms with van der Waals surface area (Å²) in [5, 5.41) is 7.49. The van der Waals surface area contributed by atoms with E-state index in [4.69, 9.17) is 21.1 Å². The minimum atomic E-state index is -4.43. The number of hydrogen-bond acceptors (Lipinski definition) is 11. The van der Waals surface area contributed by atoms with Gasteiger partial charge in [0, 0.05) is 31.0 Å². The van der Waals surface area contributed by atoms with Gasteiger partial charge in [-0.1, -0.05) is 24.3 Å². The third-order valence-electron chi connectivity index (χ3n) is 10.2. The molecule has 0 bridgehead atoms. The standard InChI is InChI=1S/C36H46ClFN6O10S/c1-35(2,3)54-33(49)40-27-17-39-13-6-4-5-9-22-15-36(22,32(48)44(29(45)16-37)55(51,52)24-11-12-24)41-30(46)28-14-23(19-43(28)31(27)47)53-34(50)42-18-21-8-7-10-26(38)25(21)20-42/h5,7-10,22-24,27-28,39H,4,6,11-20H2,1-3H3,(H,40,49)(H,41,46)/b9-5-/t22-,23-,27+,28?,36-/m1/s1. The molecule has 0 aromatic heterocycles. The van der Waals surface area contributed by atoms with Gasteiger partial charge in [0.2, 0.25) is 21.8 Å². The van der Waals surface area contributed by atoms with Crippen LogP contribution >= 0.6 is 11.6 Å². The molecule has 1 aromatic rings. The molecule has 0 spiro atoms. The maximum absolute atomic E-state index is 14.5. The molecule has 16 nitrogen and oxygen atoms in total. The normalized spacial score (nSPS) is 27.7. The molecule has 1 saturated heterocycles. The molecule has 1 aromatic carbocycles. The van der Waals surface area contributed by atoms with Crippen molar-refractivity contribution in [3.63, 3.8) is 0 Å². The largest absolute Gasteiger partial charge is 0.444 e. The van der Waals surface area contributed by atoms with E-state index in [1.165, 1.54) is 17.0 Å². The fraction of sp³-hybridized carbons (Fsp3) is 0.611. The lowest BCUT2D eigenvalue weighted by Crippen LogP contribution is -2.60. The maximum Gasteiger partial charge on any atom is 0.410 e. The first-order chi connectivity index (χ1) is 25.9. The van der Waals surface area contributed by atoms with Crippen molar-refractivity contribution in [1.82, 2.24) is 30.1 Å². The van der Waals surface area contributed by atoms with E-state index in [0.717, 1.165) is 4.90 Å². The van der Waals surface area contributed by atoms with E-state index in [9.17, 15) is 41.6 Å². The molecule has 5 aliphatic rings. The Kier molecular flexibility index (Phi) is 11.5. The second kappa shape index (κ2) is 15.7. The van der Waals surface area contributed by atoms with E-state index >= 15 is 0 Å². The number of nitrogens with zero attached hydrogens (tertiary/aromatic N) is 3. The van der Waals surface area contributed by atoms with Gasteiger partial charge in [0.05, 0.1) is 18.3 Å². The van der Waals surface area contributed by atoms with Crippen LogP contribution in [0.2, 0.25) is 0 Å². The van der Waals surface area contributed by atoms with Gasteiger partial charge in [0.25, 0.3) is 11.8 Å². The number of ether oxygens (including phenoxy) is 2. The Balaban J connectivity index is 1.30. The van der Waals surface area contributed by atoms with Crippen LogP contribution in [0.15, 0.2) is 30.4 Å². The van der Waals surface area contributed by atoms with Crippen molar-refractivity contribution in [2.24, 2.45) is 5.92 Å². The zero-order chi connectivity index (χ0) is 39.9. The molecule has 3 aliphatic heterocycles. The number of nitrogens with one attached hydrogen (secondary N) is 3. The second-order valence-corrected chi connectivity index (χ2v) is 17.9. The van der Waals surface area contributed by atoms with E-state index in [2.05, 4.69) is 16.0 Å². The molecule has 3 fully saturated rings. The molecule has 3 heterocycles. The summed E-state index contributed by atoms with van der Waals surface area (Å²) in [5.74, 6) is -5.84. The summed E-state index contributed by atoms with van der Waals surface area (Å²) in [5.41, 5.74) is -1.79. The number of imide groups is 1. The predicted molar refractivity (Wildman–Crippen MR) is 194 cm³/mol. The Hall–Kier alpha value is -4.29. The van der Waals surface area contributed by atoms with Crippen LogP contribution in [0, 0.1) is 11.7 Å². The number of carbonyl (C=O) groups excluding carboxylic acids is 6. The van der Waals surface area contributed by atoms with E-state index in [1.54, 1.807) is 39.0 Å². The van der Waals surface area contributed by atoms with Crippen molar-refractivity contribution in [2.75, 3.05) is 25.5 Å².